The summed E-state index contributed by atoms with van der Waals surface area (Å²) in [6, 6.07) is 12.4. The van der Waals surface area contributed by atoms with E-state index in [2.05, 4.69) is 0 Å². The molecule has 0 saturated heterocycles. The zero-order chi connectivity index (χ0) is 17.7. The highest BCUT2D eigenvalue weighted by Crippen LogP contribution is 2.31. The number of rotatable bonds is 7. The van der Waals surface area contributed by atoms with Gasteiger partial charge in [0, 0.05) is 5.69 Å². The van der Waals surface area contributed by atoms with Crippen LogP contribution in [0.2, 0.25) is 0 Å². The molecule has 2 rings (SSSR count). The SMILES string of the molecule is COc1ccc(CC(C(=O)O)c2ccc(N)cc2)cc1OC(C)C. The number of hydrogen-bond donors (Lipinski definition) is 2. The fraction of sp³-hybridized carbons (Fsp3) is 0.316. The Morgan fingerprint density at radius 1 is 1.12 bits per heavy atom. The van der Waals surface area contributed by atoms with Crippen LogP contribution < -0.4 is 15.2 Å². The van der Waals surface area contributed by atoms with Gasteiger partial charge in [0.2, 0.25) is 0 Å². The molecule has 5 heteroatoms. The Morgan fingerprint density at radius 3 is 2.33 bits per heavy atom. The van der Waals surface area contributed by atoms with Crippen LogP contribution in [0.1, 0.15) is 30.9 Å². The third-order valence-electron chi connectivity index (χ3n) is 3.67. The summed E-state index contributed by atoms with van der Waals surface area (Å²) >= 11 is 0. The van der Waals surface area contributed by atoms with Crippen molar-refractivity contribution in [3.05, 3.63) is 53.6 Å². The topological polar surface area (TPSA) is 81.8 Å². The molecular formula is C19H23NO4. The Balaban J connectivity index is 2.29. The number of carboxylic acid groups (broad SMARTS) is 1. The maximum atomic E-state index is 11.7. The molecule has 2 aromatic carbocycles. The van der Waals surface area contributed by atoms with E-state index in [1.165, 1.54) is 0 Å². The van der Waals surface area contributed by atoms with Crippen LogP contribution in [0.25, 0.3) is 0 Å². The van der Waals surface area contributed by atoms with E-state index in [9.17, 15) is 9.90 Å². The van der Waals surface area contributed by atoms with Gasteiger partial charge < -0.3 is 20.3 Å². The lowest BCUT2D eigenvalue weighted by Gasteiger charge is -2.17. The van der Waals surface area contributed by atoms with E-state index in [1.54, 1.807) is 37.4 Å². The summed E-state index contributed by atoms with van der Waals surface area (Å²) in [5, 5.41) is 9.59. The van der Waals surface area contributed by atoms with Gasteiger partial charge in [-0.1, -0.05) is 18.2 Å². The standard InChI is InChI=1S/C19H23NO4/c1-12(2)24-18-11-13(4-9-17(18)23-3)10-16(19(21)22)14-5-7-15(20)8-6-14/h4-9,11-12,16H,10,20H2,1-3H3,(H,21,22). The van der Waals surface area contributed by atoms with E-state index in [-0.39, 0.29) is 6.10 Å². The second-order valence-electron chi connectivity index (χ2n) is 5.91. The summed E-state index contributed by atoms with van der Waals surface area (Å²) < 4.78 is 11.0. The molecule has 1 atom stereocenters. The highest BCUT2D eigenvalue weighted by molar-refractivity contribution is 5.76. The Kier molecular flexibility index (Phi) is 5.68. The Labute approximate surface area is 142 Å². The number of ether oxygens (including phenoxy) is 2. The Hall–Kier alpha value is -2.69. The number of carboxylic acids is 1. The molecule has 0 amide bonds. The van der Waals surface area contributed by atoms with Gasteiger partial charge in [0.25, 0.3) is 0 Å². The number of nitrogen functional groups attached to an aromatic ring is 1. The Morgan fingerprint density at radius 2 is 1.79 bits per heavy atom. The summed E-state index contributed by atoms with van der Waals surface area (Å²) in [5.41, 5.74) is 7.88. The van der Waals surface area contributed by atoms with Crippen molar-refractivity contribution in [3.8, 4) is 11.5 Å². The summed E-state index contributed by atoms with van der Waals surface area (Å²) in [5.74, 6) is -0.272. The zero-order valence-electron chi connectivity index (χ0n) is 14.2. The lowest BCUT2D eigenvalue weighted by Crippen LogP contribution is -2.15. The van der Waals surface area contributed by atoms with E-state index in [0.717, 1.165) is 11.1 Å². The van der Waals surface area contributed by atoms with E-state index in [1.807, 2.05) is 26.0 Å². The number of methoxy groups -OCH3 is 1. The van der Waals surface area contributed by atoms with Gasteiger partial charge >= 0.3 is 5.97 Å². The van der Waals surface area contributed by atoms with Crippen LogP contribution in [0, 0.1) is 0 Å². The van der Waals surface area contributed by atoms with Crippen LogP contribution in [0.4, 0.5) is 5.69 Å². The minimum Gasteiger partial charge on any atom is -0.493 e. The first-order chi connectivity index (χ1) is 11.4. The van der Waals surface area contributed by atoms with E-state index in [4.69, 9.17) is 15.2 Å². The molecule has 0 bridgehead atoms. The third kappa shape index (κ3) is 4.41. The first-order valence-electron chi connectivity index (χ1n) is 7.82. The third-order valence-corrected chi connectivity index (χ3v) is 3.67. The fourth-order valence-corrected chi connectivity index (χ4v) is 2.51. The van der Waals surface area contributed by atoms with E-state index < -0.39 is 11.9 Å². The van der Waals surface area contributed by atoms with Crippen LogP contribution in [-0.4, -0.2) is 24.3 Å². The van der Waals surface area contributed by atoms with Crippen molar-refractivity contribution >= 4 is 11.7 Å². The molecular weight excluding hydrogens is 306 g/mol. The first kappa shape index (κ1) is 17.7. The molecule has 128 valence electrons. The van der Waals surface area contributed by atoms with Crippen molar-refractivity contribution in [2.45, 2.75) is 32.3 Å². The Bertz CT molecular complexity index is 695. The molecule has 0 fully saturated rings. The molecule has 0 aliphatic heterocycles. The minimum atomic E-state index is -0.873. The molecule has 0 aliphatic carbocycles. The molecule has 0 heterocycles. The zero-order valence-corrected chi connectivity index (χ0v) is 14.2. The van der Waals surface area contributed by atoms with Crippen LogP contribution in [-0.2, 0) is 11.2 Å². The van der Waals surface area contributed by atoms with Crippen LogP contribution in [0.3, 0.4) is 0 Å². The number of anilines is 1. The molecule has 1 unspecified atom stereocenters. The summed E-state index contributed by atoms with van der Waals surface area (Å²) in [4.78, 5) is 11.7. The summed E-state index contributed by atoms with van der Waals surface area (Å²) in [6.07, 6.45) is 0.360. The smallest absolute Gasteiger partial charge is 0.311 e. The van der Waals surface area contributed by atoms with Gasteiger partial charge in [0.1, 0.15) is 0 Å². The average molecular weight is 329 g/mol. The van der Waals surface area contributed by atoms with Crippen molar-refractivity contribution < 1.29 is 19.4 Å². The van der Waals surface area contributed by atoms with Gasteiger partial charge in [0.05, 0.1) is 19.1 Å². The van der Waals surface area contributed by atoms with E-state index in [0.29, 0.717) is 23.6 Å². The number of nitrogens with two attached hydrogens (primary N) is 1. The molecule has 0 aromatic heterocycles. The van der Waals surface area contributed by atoms with E-state index >= 15 is 0 Å². The largest absolute Gasteiger partial charge is 0.493 e. The minimum absolute atomic E-state index is 0.00141. The molecule has 2 aromatic rings. The summed E-state index contributed by atoms with van der Waals surface area (Å²) in [6.45, 7) is 3.86. The molecule has 0 aliphatic rings. The maximum Gasteiger partial charge on any atom is 0.311 e. The summed E-state index contributed by atoms with van der Waals surface area (Å²) in [7, 11) is 1.58. The second-order valence-corrected chi connectivity index (χ2v) is 5.91. The highest BCUT2D eigenvalue weighted by atomic mass is 16.5. The van der Waals surface area contributed by atoms with Gasteiger partial charge in [-0.15, -0.1) is 0 Å². The van der Waals surface area contributed by atoms with Crippen LogP contribution in [0.5, 0.6) is 11.5 Å². The second kappa shape index (κ2) is 7.73. The number of benzene rings is 2. The van der Waals surface area contributed by atoms with Crippen LogP contribution in [0.15, 0.2) is 42.5 Å². The van der Waals surface area contributed by atoms with Crippen molar-refractivity contribution in [2.75, 3.05) is 12.8 Å². The lowest BCUT2D eigenvalue weighted by atomic mass is 9.92. The molecule has 0 saturated carbocycles. The molecule has 5 nitrogen and oxygen atoms in total. The molecule has 24 heavy (non-hydrogen) atoms. The van der Waals surface area contributed by atoms with Gasteiger partial charge in [0.15, 0.2) is 11.5 Å². The number of hydrogen-bond acceptors (Lipinski definition) is 4. The maximum absolute atomic E-state index is 11.7. The quantitative estimate of drug-likeness (QED) is 0.760. The average Bonchev–Trinajstić information content (AvgIpc) is 2.53. The van der Waals surface area contributed by atoms with Crippen molar-refractivity contribution in [2.24, 2.45) is 0 Å². The predicted octanol–water partition coefficient (Wildman–Crippen LogP) is 3.48. The number of aliphatic carboxylic acids is 1. The fourth-order valence-electron chi connectivity index (χ4n) is 2.51. The van der Waals surface area contributed by atoms with Crippen molar-refractivity contribution in [3.63, 3.8) is 0 Å². The van der Waals surface area contributed by atoms with Gasteiger partial charge in [-0.25, -0.2) is 0 Å². The van der Waals surface area contributed by atoms with Crippen LogP contribution >= 0.6 is 0 Å². The predicted molar refractivity (Wildman–Crippen MR) is 93.7 cm³/mol. The van der Waals surface area contributed by atoms with Gasteiger partial charge in [-0.2, -0.15) is 0 Å². The highest BCUT2D eigenvalue weighted by Gasteiger charge is 2.21. The lowest BCUT2D eigenvalue weighted by molar-refractivity contribution is -0.138. The normalized spacial score (nSPS) is 12.0. The monoisotopic (exact) mass is 329 g/mol. The van der Waals surface area contributed by atoms with Crippen molar-refractivity contribution in [1.29, 1.82) is 0 Å². The molecule has 0 radical (unpaired) electrons. The number of carbonyl (C=O) groups is 1. The molecule has 0 spiro atoms. The van der Waals surface area contributed by atoms with Gasteiger partial charge in [-0.3, -0.25) is 4.79 Å². The first-order valence-corrected chi connectivity index (χ1v) is 7.82. The molecule has 3 N–H and O–H groups in total. The van der Waals surface area contributed by atoms with Crippen molar-refractivity contribution in [1.82, 2.24) is 0 Å². The van der Waals surface area contributed by atoms with Gasteiger partial charge in [-0.05, 0) is 55.7 Å².